The van der Waals surface area contributed by atoms with Crippen molar-refractivity contribution in [1.29, 1.82) is 0 Å². The number of hydrogen-bond acceptors (Lipinski definition) is 6. The summed E-state index contributed by atoms with van der Waals surface area (Å²) in [5.74, 6) is 5.88. The molecular formula is C10H9Cl2N5S. The van der Waals surface area contributed by atoms with Crippen LogP contribution in [0, 0.1) is 0 Å². The molecule has 2 rings (SSSR count). The molecule has 0 atom stereocenters. The molecular weight excluding hydrogens is 293 g/mol. The van der Waals surface area contributed by atoms with Crippen LogP contribution in [0.3, 0.4) is 0 Å². The summed E-state index contributed by atoms with van der Waals surface area (Å²) in [6, 6.07) is 7.00. The fraction of sp³-hybridized carbons (Fsp3) is 0. The molecule has 0 spiro atoms. The highest BCUT2D eigenvalue weighted by Crippen LogP contribution is 2.32. The van der Waals surface area contributed by atoms with Crippen molar-refractivity contribution < 1.29 is 0 Å². The van der Waals surface area contributed by atoms with E-state index in [9.17, 15) is 0 Å². The summed E-state index contributed by atoms with van der Waals surface area (Å²) in [4.78, 5) is 8.88. The molecule has 0 aliphatic carbocycles. The number of hydrazine groups is 1. The lowest BCUT2D eigenvalue weighted by molar-refractivity contribution is 1.05. The monoisotopic (exact) mass is 301 g/mol. The van der Waals surface area contributed by atoms with Crippen LogP contribution in [0.4, 0.5) is 11.8 Å². The molecule has 0 unspecified atom stereocenters. The fourth-order valence-electron chi connectivity index (χ4n) is 1.23. The van der Waals surface area contributed by atoms with Crippen molar-refractivity contribution in [2.45, 2.75) is 9.92 Å². The number of aromatic nitrogens is 2. The van der Waals surface area contributed by atoms with Gasteiger partial charge in [0.05, 0.1) is 10.0 Å². The summed E-state index contributed by atoms with van der Waals surface area (Å²) in [6.07, 6.45) is 0. The highest BCUT2D eigenvalue weighted by Gasteiger charge is 2.05. The molecule has 1 heterocycles. The van der Waals surface area contributed by atoms with E-state index >= 15 is 0 Å². The Kier molecular flexibility index (Phi) is 4.13. The second kappa shape index (κ2) is 5.62. The van der Waals surface area contributed by atoms with Gasteiger partial charge < -0.3 is 11.2 Å². The average molecular weight is 302 g/mol. The van der Waals surface area contributed by atoms with Crippen molar-refractivity contribution in [1.82, 2.24) is 9.97 Å². The zero-order valence-electron chi connectivity index (χ0n) is 9.02. The molecule has 0 bridgehead atoms. The van der Waals surface area contributed by atoms with Gasteiger partial charge in [0.25, 0.3) is 0 Å². The van der Waals surface area contributed by atoms with E-state index in [2.05, 4.69) is 15.4 Å². The van der Waals surface area contributed by atoms with Gasteiger partial charge >= 0.3 is 0 Å². The number of nitrogens with zero attached hydrogens (tertiary/aromatic N) is 2. The van der Waals surface area contributed by atoms with E-state index in [1.165, 1.54) is 11.8 Å². The Morgan fingerprint density at radius 3 is 2.56 bits per heavy atom. The first-order valence-electron chi connectivity index (χ1n) is 4.82. The Bertz CT molecular complexity index is 578. The van der Waals surface area contributed by atoms with Crippen LogP contribution in [0.1, 0.15) is 0 Å². The zero-order chi connectivity index (χ0) is 13.1. The molecule has 8 heteroatoms. The summed E-state index contributed by atoms with van der Waals surface area (Å²) < 4.78 is 0. The first-order chi connectivity index (χ1) is 8.58. The van der Waals surface area contributed by atoms with Crippen LogP contribution in [0.25, 0.3) is 0 Å². The lowest BCUT2D eigenvalue weighted by Crippen LogP contribution is -2.10. The first-order valence-corrected chi connectivity index (χ1v) is 6.40. The van der Waals surface area contributed by atoms with Crippen LogP contribution in [-0.2, 0) is 0 Å². The summed E-state index contributed by atoms with van der Waals surface area (Å²) in [7, 11) is 0. The number of nitrogen functional groups attached to an aromatic ring is 2. The van der Waals surface area contributed by atoms with Crippen molar-refractivity contribution >= 4 is 46.7 Å². The van der Waals surface area contributed by atoms with Crippen LogP contribution in [0.5, 0.6) is 0 Å². The predicted octanol–water partition coefficient (Wildman–Crippen LogP) is 2.80. The Balaban J connectivity index is 2.27. The van der Waals surface area contributed by atoms with E-state index < -0.39 is 0 Å². The number of anilines is 2. The summed E-state index contributed by atoms with van der Waals surface area (Å²) in [6.45, 7) is 0. The molecule has 2 aromatic rings. The normalized spacial score (nSPS) is 10.4. The van der Waals surface area contributed by atoms with E-state index in [1.54, 1.807) is 18.2 Å². The SMILES string of the molecule is NNc1cc(Sc2ccc(Cl)c(Cl)c2)nc(N)n1. The summed E-state index contributed by atoms with van der Waals surface area (Å²) >= 11 is 13.2. The number of hydrogen-bond donors (Lipinski definition) is 3. The molecule has 0 amide bonds. The molecule has 94 valence electrons. The molecule has 1 aromatic carbocycles. The van der Waals surface area contributed by atoms with Gasteiger partial charge in [0.1, 0.15) is 10.8 Å². The molecule has 0 saturated carbocycles. The minimum Gasteiger partial charge on any atom is -0.368 e. The second-order valence-corrected chi connectivity index (χ2v) is 5.18. The second-order valence-electron chi connectivity index (χ2n) is 3.27. The molecule has 0 aliphatic rings. The van der Waals surface area contributed by atoms with Gasteiger partial charge in [-0.25, -0.2) is 10.8 Å². The van der Waals surface area contributed by atoms with Gasteiger partial charge in [0, 0.05) is 11.0 Å². The van der Waals surface area contributed by atoms with Gasteiger partial charge in [-0.05, 0) is 18.2 Å². The number of rotatable bonds is 3. The summed E-state index contributed by atoms with van der Waals surface area (Å²) in [5, 5.41) is 1.65. The minimum atomic E-state index is 0.146. The van der Waals surface area contributed by atoms with Crippen LogP contribution < -0.4 is 17.0 Å². The van der Waals surface area contributed by atoms with Crippen molar-refractivity contribution in [2.75, 3.05) is 11.2 Å². The maximum absolute atomic E-state index is 5.93. The largest absolute Gasteiger partial charge is 0.368 e. The fourth-order valence-corrected chi connectivity index (χ4v) is 2.46. The molecule has 0 radical (unpaired) electrons. The molecule has 0 fully saturated rings. The first kappa shape index (κ1) is 13.2. The van der Waals surface area contributed by atoms with E-state index in [0.717, 1.165) is 4.90 Å². The predicted molar refractivity (Wildman–Crippen MR) is 74.8 cm³/mol. The number of halogens is 2. The van der Waals surface area contributed by atoms with E-state index in [1.807, 2.05) is 6.07 Å². The molecule has 0 saturated heterocycles. The van der Waals surface area contributed by atoms with Crippen molar-refractivity contribution in [3.05, 3.63) is 34.3 Å². The molecule has 5 nitrogen and oxygen atoms in total. The van der Waals surface area contributed by atoms with Gasteiger partial charge in [-0.2, -0.15) is 4.98 Å². The molecule has 18 heavy (non-hydrogen) atoms. The summed E-state index contributed by atoms with van der Waals surface area (Å²) in [5.41, 5.74) is 7.99. The number of nitrogens with two attached hydrogens (primary N) is 2. The van der Waals surface area contributed by atoms with Crippen LogP contribution in [0.15, 0.2) is 34.2 Å². The van der Waals surface area contributed by atoms with Crippen LogP contribution in [-0.4, -0.2) is 9.97 Å². The Morgan fingerprint density at radius 1 is 1.11 bits per heavy atom. The quantitative estimate of drug-likeness (QED) is 0.459. The van der Waals surface area contributed by atoms with Crippen LogP contribution >= 0.6 is 35.0 Å². The maximum Gasteiger partial charge on any atom is 0.223 e. The van der Waals surface area contributed by atoms with Crippen molar-refractivity contribution in [3.8, 4) is 0 Å². The van der Waals surface area contributed by atoms with Gasteiger partial charge in [0.2, 0.25) is 5.95 Å². The Morgan fingerprint density at radius 2 is 1.89 bits per heavy atom. The highest BCUT2D eigenvalue weighted by atomic mass is 35.5. The lowest BCUT2D eigenvalue weighted by atomic mass is 10.4. The maximum atomic E-state index is 5.93. The lowest BCUT2D eigenvalue weighted by Gasteiger charge is -2.05. The molecule has 5 N–H and O–H groups in total. The highest BCUT2D eigenvalue weighted by molar-refractivity contribution is 7.99. The van der Waals surface area contributed by atoms with Crippen LogP contribution in [0.2, 0.25) is 10.0 Å². The van der Waals surface area contributed by atoms with Gasteiger partial charge in [-0.15, -0.1) is 0 Å². The van der Waals surface area contributed by atoms with Gasteiger partial charge in [-0.3, -0.25) is 0 Å². The molecule has 0 aliphatic heterocycles. The third-order valence-electron chi connectivity index (χ3n) is 1.98. The zero-order valence-corrected chi connectivity index (χ0v) is 11.4. The molecule has 1 aromatic heterocycles. The Labute approximate surface area is 118 Å². The van der Waals surface area contributed by atoms with E-state index in [4.69, 9.17) is 34.8 Å². The van der Waals surface area contributed by atoms with E-state index in [-0.39, 0.29) is 5.95 Å². The standard InChI is InChI=1S/C10H9Cl2N5S/c11-6-2-1-5(3-7(6)12)18-9-4-8(17-14)15-10(13)16-9/h1-4H,14H2,(H3,13,15,16,17). The Hall–Kier alpha value is -1.21. The number of nitrogens with one attached hydrogen (secondary N) is 1. The minimum absolute atomic E-state index is 0.146. The van der Waals surface area contributed by atoms with E-state index in [0.29, 0.717) is 20.9 Å². The van der Waals surface area contributed by atoms with Crippen molar-refractivity contribution in [3.63, 3.8) is 0 Å². The third-order valence-corrected chi connectivity index (χ3v) is 3.63. The van der Waals surface area contributed by atoms with Gasteiger partial charge in [0.15, 0.2) is 0 Å². The topological polar surface area (TPSA) is 89.8 Å². The van der Waals surface area contributed by atoms with Crippen molar-refractivity contribution in [2.24, 2.45) is 5.84 Å². The third kappa shape index (κ3) is 3.17. The average Bonchev–Trinajstić information content (AvgIpc) is 2.33. The van der Waals surface area contributed by atoms with Gasteiger partial charge in [-0.1, -0.05) is 35.0 Å². The smallest absolute Gasteiger partial charge is 0.223 e. The number of benzene rings is 1.